The van der Waals surface area contributed by atoms with Gasteiger partial charge in [0.25, 0.3) is 5.91 Å². The second kappa shape index (κ2) is 7.30. The number of rotatable bonds is 4. The van der Waals surface area contributed by atoms with E-state index in [4.69, 9.17) is 9.52 Å². The molecule has 1 aromatic carbocycles. The summed E-state index contributed by atoms with van der Waals surface area (Å²) in [5.41, 5.74) is 1.04. The van der Waals surface area contributed by atoms with E-state index in [9.17, 15) is 9.90 Å². The van der Waals surface area contributed by atoms with Crippen molar-refractivity contribution in [3.8, 4) is 0 Å². The first-order valence-electron chi connectivity index (χ1n) is 10.2. The van der Waals surface area contributed by atoms with Gasteiger partial charge in [-0.25, -0.2) is 4.98 Å². The maximum absolute atomic E-state index is 12.6. The van der Waals surface area contributed by atoms with Gasteiger partial charge in [-0.05, 0) is 57.6 Å². The van der Waals surface area contributed by atoms with E-state index < -0.39 is 5.60 Å². The van der Waals surface area contributed by atoms with Crippen LogP contribution in [0, 0.1) is 12.8 Å². The second-order valence-corrected chi connectivity index (χ2v) is 8.74. The van der Waals surface area contributed by atoms with E-state index >= 15 is 0 Å². The lowest BCUT2D eigenvalue weighted by atomic mass is 9.87. The highest BCUT2D eigenvalue weighted by Gasteiger charge is 2.25. The molecule has 0 saturated heterocycles. The molecule has 29 heavy (non-hydrogen) atoms. The molecule has 0 unspecified atom stereocenters. The Hall–Kier alpha value is -2.67. The Labute approximate surface area is 170 Å². The predicted molar refractivity (Wildman–Crippen MR) is 111 cm³/mol. The van der Waals surface area contributed by atoms with Crippen LogP contribution in [0.2, 0.25) is 0 Å². The lowest BCUT2D eigenvalue weighted by molar-refractivity contribution is 0.0793. The number of hydrogen-bond donors (Lipinski definition) is 2. The van der Waals surface area contributed by atoms with Crippen molar-refractivity contribution >= 4 is 22.5 Å². The number of oxazole rings is 1. The third-order valence-corrected chi connectivity index (χ3v) is 5.78. The molecule has 2 aromatic heterocycles. The molecule has 0 bridgehead atoms. The van der Waals surface area contributed by atoms with Crippen LogP contribution in [0.15, 0.2) is 29.0 Å². The molecule has 1 aliphatic rings. The van der Waals surface area contributed by atoms with E-state index in [2.05, 4.69) is 21.9 Å². The summed E-state index contributed by atoms with van der Waals surface area (Å²) in [4.78, 5) is 16.7. The van der Waals surface area contributed by atoms with E-state index in [1.165, 1.54) is 19.1 Å². The summed E-state index contributed by atoms with van der Waals surface area (Å²) in [6.45, 7) is 7.38. The van der Waals surface area contributed by atoms with Crippen molar-refractivity contribution in [2.45, 2.75) is 65.0 Å². The molecule has 1 fully saturated rings. The van der Waals surface area contributed by atoms with Gasteiger partial charge in [0.1, 0.15) is 6.26 Å². The number of nitrogens with one attached hydrogen (secondary N) is 1. The van der Waals surface area contributed by atoms with Crippen LogP contribution in [0.4, 0.5) is 5.69 Å². The molecule has 0 spiro atoms. The molecular formula is C22H28N4O3. The molecule has 2 N–H and O–H groups in total. The molecule has 7 heteroatoms. The molecule has 0 aliphatic heterocycles. The minimum absolute atomic E-state index is 0.205. The van der Waals surface area contributed by atoms with Gasteiger partial charge in [0.2, 0.25) is 0 Å². The molecule has 1 aliphatic carbocycles. The first kappa shape index (κ1) is 19.6. The minimum atomic E-state index is -1.14. The number of aromatic nitrogens is 3. The normalized spacial score (nSPS) is 20.2. The fourth-order valence-electron chi connectivity index (χ4n) is 4.05. The van der Waals surface area contributed by atoms with E-state index in [1.807, 2.05) is 18.3 Å². The fraction of sp³-hybridized carbons (Fsp3) is 0.500. The summed E-state index contributed by atoms with van der Waals surface area (Å²) in [6.07, 6.45) is 8.06. The van der Waals surface area contributed by atoms with Crippen molar-refractivity contribution in [3.63, 3.8) is 0 Å². The highest BCUT2D eigenvalue weighted by atomic mass is 16.3. The maximum atomic E-state index is 12.6. The zero-order valence-electron chi connectivity index (χ0n) is 17.4. The molecule has 7 nitrogen and oxygen atoms in total. The van der Waals surface area contributed by atoms with Crippen LogP contribution in [0.1, 0.15) is 74.4 Å². The van der Waals surface area contributed by atoms with E-state index in [-0.39, 0.29) is 11.6 Å². The monoisotopic (exact) mass is 396 g/mol. The number of aryl methyl sites for hydroxylation is 1. The Morgan fingerprint density at radius 1 is 1.28 bits per heavy atom. The summed E-state index contributed by atoms with van der Waals surface area (Å²) >= 11 is 0. The number of carbonyl (C=O) groups is 1. The number of amides is 1. The van der Waals surface area contributed by atoms with Gasteiger partial charge in [-0.1, -0.05) is 6.92 Å². The van der Waals surface area contributed by atoms with E-state index in [1.54, 1.807) is 20.8 Å². The maximum Gasteiger partial charge on any atom is 0.277 e. The zero-order chi connectivity index (χ0) is 20.8. The fourth-order valence-corrected chi connectivity index (χ4v) is 4.05. The number of nitrogens with zero attached hydrogens (tertiary/aromatic N) is 3. The highest BCUT2D eigenvalue weighted by molar-refractivity contribution is 6.04. The van der Waals surface area contributed by atoms with Gasteiger partial charge >= 0.3 is 0 Å². The van der Waals surface area contributed by atoms with Gasteiger partial charge < -0.3 is 14.8 Å². The molecule has 4 rings (SSSR count). The Kier molecular flexibility index (Phi) is 4.94. The lowest BCUT2D eigenvalue weighted by Gasteiger charge is -2.26. The van der Waals surface area contributed by atoms with Crippen molar-refractivity contribution in [2.24, 2.45) is 5.92 Å². The van der Waals surface area contributed by atoms with Gasteiger partial charge in [-0.3, -0.25) is 9.48 Å². The number of carbonyl (C=O) groups excluding carboxylic acids is 1. The van der Waals surface area contributed by atoms with Crippen LogP contribution in [-0.2, 0) is 5.60 Å². The Morgan fingerprint density at radius 3 is 2.62 bits per heavy atom. The lowest BCUT2D eigenvalue weighted by Crippen LogP contribution is -2.21. The zero-order valence-corrected chi connectivity index (χ0v) is 17.4. The Bertz CT molecular complexity index is 1040. The van der Waals surface area contributed by atoms with Crippen molar-refractivity contribution in [1.29, 1.82) is 0 Å². The van der Waals surface area contributed by atoms with Crippen molar-refractivity contribution in [3.05, 3.63) is 41.7 Å². The Morgan fingerprint density at radius 2 is 2.00 bits per heavy atom. The van der Waals surface area contributed by atoms with Gasteiger partial charge in [0.05, 0.1) is 17.2 Å². The van der Waals surface area contributed by atoms with Gasteiger partial charge in [0, 0.05) is 29.8 Å². The second-order valence-electron chi connectivity index (χ2n) is 8.74. The number of benzene rings is 1. The topological polar surface area (TPSA) is 93.2 Å². The molecule has 154 valence electrons. The molecule has 0 atom stereocenters. The SMILES string of the molecule is Cc1nc(C(=O)Nc2cc3cn([C@H]4CC[C@H](C)CC4)nc3cc2C(C)(C)O)co1. The summed E-state index contributed by atoms with van der Waals surface area (Å²) in [7, 11) is 0. The van der Waals surface area contributed by atoms with Crippen LogP contribution in [0.25, 0.3) is 10.9 Å². The molecule has 1 saturated carbocycles. The third-order valence-electron chi connectivity index (χ3n) is 5.78. The standard InChI is InChI=1S/C22H28N4O3/c1-13-5-7-16(8-6-13)26-11-15-9-19(17(22(3,4)28)10-18(15)25-26)24-21(27)20-12-29-14(2)23-20/h9-13,16,28H,5-8H2,1-4H3,(H,24,27)/t13-,16-. The smallest absolute Gasteiger partial charge is 0.277 e. The molecular weight excluding hydrogens is 368 g/mol. The van der Waals surface area contributed by atoms with Crippen LogP contribution >= 0.6 is 0 Å². The van der Waals surface area contributed by atoms with Crippen molar-refractivity contribution < 1.29 is 14.3 Å². The number of fused-ring (bicyclic) bond motifs is 1. The van der Waals surface area contributed by atoms with E-state index in [0.29, 0.717) is 23.2 Å². The molecule has 0 radical (unpaired) electrons. The van der Waals surface area contributed by atoms with Crippen LogP contribution in [-0.4, -0.2) is 25.8 Å². The van der Waals surface area contributed by atoms with Gasteiger partial charge in [-0.15, -0.1) is 0 Å². The largest absolute Gasteiger partial charge is 0.448 e. The van der Waals surface area contributed by atoms with Crippen LogP contribution < -0.4 is 5.32 Å². The van der Waals surface area contributed by atoms with E-state index in [0.717, 1.165) is 29.7 Å². The van der Waals surface area contributed by atoms with Crippen molar-refractivity contribution in [2.75, 3.05) is 5.32 Å². The molecule has 2 heterocycles. The third kappa shape index (κ3) is 4.05. The van der Waals surface area contributed by atoms with Crippen molar-refractivity contribution in [1.82, 2.24) is 14.8 Å². The first-order valence-corrected chi connectivity index (χ1v) is 10.2. The van der Waals surface area contributed by atoms with Gasteiger partial charge in [-0.2, -0.15) is 5.10 Å². The number of hydrogen-bond acceptors (Lipinski definition) is 5. The summed E-state index contributed by atoms with van der Waals surface area (Å²) in [5.74, 6) is 0.830. The molecule has 1 amide bonds. The summed E-state index contributed by atoms with van der Waals surface area (Å²) in [6, 6.07) is 4.14. The Balaban J connectivity index is 1.69. The quantitative estimate of drug-likeness (QED) is 0.674. The average molecular weight is 396 g/mol. The number of anilines is 1. The average Bonchev–Trinajstić information content (AvgIpc) is 3.26. The predicted octanol–water partition coefficient (Wildman–Crippen LogP) is 4.56. The number of aliphatic hydroxyl groups is 1. The summed E-state index contributed by atoms with van der Waals surface area (Å²) in [5, 5.41) is 19.3. The summed E-state index contributed by atoms with van der Waals surface area (Å²) < 4.78 is 7.19. The molecule has 3 aromatic rings. The minimum Gasteiger partial charge on any atom is -0.448 e. The van der Waals surface area contributed by atoms with Crippen LogP contribution in [0.3, 0.4) is 0 Å². The highest BCUT2D eigenvalue weighted by Crippen LogP contribution is 2.35. The first-order chi connectivity index (χ1) is 13.7. The van der Waals surface area contributed by atoms with Crippen LogP contribution in [0.5, 0.6) is 0 Å². The van der Waals surface area contributed by atoms with Gasteiger partial charge in [0.15, 0.2) is 11.6 Å².